The molecule has 0 saturated carbocycles. The van der Waals surface area contributed by atoms with Crippen molar-refractivity contribution in [3.05, 3.63) is 35.5 Å². The molecule has 2 rings (SSSR count). The largest absolute Gasteiger partial charge is 0.191 e. The molecule has 0 fully saturated rings. The van der Waals surface area contributed by atoms with Crippen LogP contribution in [0, 0.1) is 11.3 Å². The quantitative estimate of drug-likeness (QED) is 0.706. The van der Waals surface area contributed by atoms with Crippen LogP contribution >= 0.6 is 0 Å². The lowest BCUT2D eigenvalue weighted by Gasteiger charge is -2.09. The highest BCUT2D eigenvalue weighted by Gasteiger charge is 2.12. The van der Waals surface area contributed by atoms with Crippen LogP contribution in [0.3, 0.4) is 0 Å². The molecular formula is C12H11N3. The van der Waals surface area contributed by atoms with Gasteiger partial charge in [0.05, 0.1) is 5.52 Å². The van der Waals surface area contributed by atoms with Crippen LogP contribution in [0.5, 0.6) is 0 Å². The second-order valence-corrected chi connectivity index (χ2v) is 3.75. The number of benzene rings is 1. The van der Waals surface area contributed by atoms with Gasteiger partial charge in [0.1, 0.15) is 6.07 Å². The van der Waals surface area contributed by atoms with Crippen LogP contribution < -0.4 is 0 Å². The lowest BCUT2D eigenvalue weighted by Crippen LogP contribution is -2.00. The molecule has 15 heavy (non-hydrogen) atoms. The summed E-state index contributed by atoms with van der Waals surface area (Å²) in [6.07, 6.45) is 0. The minimum atomic E-state index is 0.278. The van der Waals surface area contributed by atoms with E-state index in [1.165, 1.54) is 0 Å². The summed E-state index contributed by atoms with van der Waals surface area (Å²) in [5.74, 6) is 0.278. The van der Waals surface area contributed by atoms with Crippen molar-refractivity contribution in [1.29, 1.82) is 5.26 Å². The third-order valence-corrected chi connectivity index (χ3v) is 2.39. The predicted molar refractivity (Wildman–Crippen MR) is 58.3 cm³/mol. The molecule has 3 heteroatoms. The van der Waals surface area contributed by atoms with Crippen molar-refractivity contribution in [1.82, 2.24) is 10.2 Å². The van der Waals surface area contributed by atoms with E-state index in [-0.39, 0.29) is 5.92 Å². The van der Waals surface area contributed by atoms with Crippen LogP contribution in [-0.4, -0.2) is 10.2 Å². The summed E-state index contributed by atoms with van der Waals surface area (Å²) in [4.78, 5) is 0. The van der Waals surface area contributed by atoms with Crippen molar-refractivity contribution in [2.24, 2.45) is 0 Å². The molecule has 0 bridgehead atoms. The van der Waals surface area contributed by atoms with Crippen molar-refractivity contribution in [2.45, 2.75) is 19.8 Å². The first-order valence-corrected chi connectivity index (χ1v) is 4.89. The molecule has 0 aliphatic heterocycles. The van der Waals surface area contributed by atoms with Crippen LogP contribution in [0.25, 0.3) is 10.9 Å². The topological polar surface area (TPSA) is 49.6 Å². The van der Waals surface area contributed by atoms with E-state index < -0.39 is 0 Å². The fourth-order valence-corrected chi connectivity index (χ4v) is 1.74. The van der Waals surface area contributed by atoms with E-state index in [1.807, 2.05) is 24.3 Å². The fourth-order valence-electron chi connectivity index (χ4n) is 1.74. The number of fused-ring (bicyclic) bond motifs is 1. The maximum atomic E-state index is 8.97. The summed E-state index contributed by atoms with van der Waals surface area (Å²) in [6, 6.07) is 9.87. The maximum absolute atomic E-state index is 8.97. The molecule has 0 radical (unpaired) electrons. The number of hydrogen-bond donors (Lipinski definition) is 0. The van der Waals surface area contributed by atoms with Crippen LogP contribution in [0.15, 0.2) is 24.3 Å². The SMILES string of the molecule is CC(C)c1c(C#N)nnc2ccccc12. The van der Waals surface area contributed by atoms with Crippen molar-refractivity contribution in [3.63, 3.8) is 0 Å². The van der Waals surface area contributed by atoms with Crippen molar-refractivity contribution >= 4 is 10.9 Å². The second kappa shape index (κ2) is 3.66. The first-order chi connectivity index (χ1) is 7.24. The third-order valence-electron chi connectivity index (χ3n) is 2.39. The molecule has 0 unspecified atom stereocenters. The molecule has 1 aromatic heterocycles. The monoisotopic (exact) mass is 197 g/mol. The van der Waals surface area contributed by atoms with Crippen molar-refractivity contribution in [2.75, 3.05) is 0 Å². The average Bonchev–Trinajstić information content (AvgIpc) is 2.27. The molecular weight excluding hydrogens is 186 g/mol. The second-order valence-electron chi connectivity index (χ2n) is 3.75. The van der Waals surface area contributed by atoms with Gasteiger partial charge in [-0.1, -0.05) is 32.0 Å². The summed E-state index contributed by atoms with van der Waals surface area (Å²) in [5.41, 5.74) is 2.27. The van der Waals surface area contributed by atoms with Crippen LogP contribution in [-0.2, 0) is 0 Å². The Morgan fingerprint density at radius 2 is 1.93 bits per heavy atom. The Morgan fingerprint density at radius 3 is 2.60 bits per heavy atom. The van der Waals surface area contributed by atoms with Gasteiger partial charge in [-0.15, -0.1) is 10.2 Å². The highest BCUT2D eigenvalue weighted by atomic mass is 15.1. The van der Waals surface area contributed by atoms with Gasteiger partial charge < -0.3 is 0 Å². The van der Waals surface area contributed by atoms with Gasteiger partial charge in [-0.2, -0.15) is 5.26 Å². The van der Waals surface area contributed by atoms with Gasteiger partial charge in [-0.3, -0.25) is 0 Å². The van der Waals surface area contributed by atoms with Crippen LogP contribution in [0.1, 0.15) is 31.0 Å². The van der Waals surface area contributed by atoms with E-state index in [2.05, 4.69) is 30.1 Å². The number of nitriles is 1. The van der Waals surface area contributed by atoms with Gasteiger partial charge in [-0.05, 0) is 12.0 Å². The maximum Gasteiger partial charge on any atom is 0.167 e. The highest BCUT2D eigenvalue weighted by Crippen LogP contribution is 2.25. The zero-order chi connectivity index (χ0) is 10.8. The summed E-state index contributed by atoms with van der Waals surface area (Å²) >= 11 is 0. The molecule has 0 amide bonds. The first kappa shape index (κ1) is 9.60. The van der Waals surface area contributed by atoms with Crippen LogP contribution in [0.4, 0.5) is 0 Å². The summed E-state index contributed by atoms with van der Waals surface area (Å²) in [6.45, 7) is 4.12. The molecule has 1 heterocycles. The van der Waals surface area contributed by atoms with E-state index in [9.17, 15) is 0 Å². The molecule has 0 spiro atoms. The summed E-state index contributed by atoms with van der Waals surface area (Å²) < 4.78 is 0. The minimum absolute atomic E-state index is 0.278. The lowest BCUT2D eigenvalue weighted by atomic mass is 9.97. The smallest absolute Gasteiger partial charge is 0.167 e. The van der Waals surface area contributed by atoms with E-state index >= 15 is 0 Å². The van der Waals surface area contributed by atoms with Crippen molar-refractivity contribution in [3.8, 4) is 6.07 Å². The van der Waals surface area contributed by atoms with Gasteiger partial charge in [0.2, 0.25) is 0 Å². The van der Waals surface area contributed by atoms with Crippen LogP contribution in [0.2, 0.25) is 0 Å². The Kier molecular flexibility index (Phi) is 2.34. The standard InChI is InChI=1S/C12H11N3/c1-8(2)12-9-5-3-4-6-10(9)14-15-11(12)7-13/h3-6,8H,1-2H3. The number of rotatable bonds is 1. The molecule has 0 atom stereocenters. The summed E-state index contributed by atoms with van der Waals surface area (Å²) in [5, 5.41) is 18.0. The molecule has 0 N–H and O–H groups in total. The molecule has 3 nitrogen and oxygen atoms in total. The van der Waals surface area contributed by atoms with E-state index in [4.69, 9.17) is 5.26 Å². The predicted octanol–water partition coefficient (Wildman–Crippen LogP) is 2.62. The van der Waals surface area contributed by atoms with E-state index in [1.54, 1.807) is 0 Å². The van der Waals surface area contributed by atoms with E-state index in [0.717, 1.165) is 16.5 Å². The Balaban J connectivity index is 2.86. The number of nitrogens with zero attached hydrogens (tertiary/aromatic N) is 3. The fraction of sp³-hybridized carbons (Fsp3) is 0.250. The normalized spacial score (nSPS) is 10.5. The molecule has 1 aromatic carbocycles. The average molecular weight is 197 g/mol. The Bertz CT molecular complexity index is 538. The Morgan fingerprint density at radius 1 is 1.20 bits per heavy atom. The van der Waals surface area contributed by atoms with E-state index in [0.29, 0.717) is 5.69 Å². The molecule has 0 saturated heterocycles. The highest BCUT2D eigenvalue weighted by molar-refractivity contribution is 5.83. The minimum Gasteiger partial charge on any atom is -0.191 e. The Labute approximate surface area is 88.4 Å². The Hall–Kier alpha value is -1.95. The summed E-state index contributed by atoms with van der Waals surface area (Å²) in [7, 11) is 0. The van der Waals surface area contributed by atoms with Gasteiger partial charge in [0.25, 0.3) is 0 Å². The molecule has 74 valence electrons. The number of hydrogen-bond acceptors (Lipinski definition) is 3. The zero-order valence-corrected chi connectivity index (χ0v) is 8.73. The zero-order valence-electron chi connectivity index (χ0n) is 8.73. The number of aromatic nitrogens is 2. The van der Waals surface area contributed by atoms with Gasteiger partial charge in [0, 0.05) is 10.9 Å². The molecule has 0 aliphatic carbocycles. The van der Waals surface area contributed by atoms with Gasteiger partial charge in [-0.25, -0.2) is 0 Å². The molecule has 0 aliphatic rings. The molecule has 2 aromatic rings. The van der Waals surface area contributed by atoms with Gasteiger partial charge in [0.15, 0.2) is 5.69 Å². The van der Waals surface area contributed by atoms with Crippen molar-refractivity contribution < 1.29 is 0 Å². The third kappa shape index (κ3) is 1.55. The van der Waals surface area contributed by atoms with Gasteiger partial charge >= 0.3 is 0 Å². The first-order valence-electron chi connectivity index (χ1n) is 4.89. The lowest BCUT2D eigenvalue weighted by molar-refractivity contribution is 0.849.